The van der Waals surface area contributed by atoms with E-state index >= 15 is 0 Å². The number of carboxylic acid groups (broad SMARTS) is 1. The molecule has 1 N–H and O–H groups in total. The summed E-state index contributed by atoms with van der Waals surface area (Å²) in [5.41, 5.74) is 0.585. The van der Waals surface area contributed by atoms with Crippen molar-refractivity contribution in [1.82, 2.24) is 4.90 Å². The number of carbonyl (C=O) groups is 2. The lowest BCUT2D eigenvalue weighted by Crippen LogP contribution is -2.45. The van der Waals surface area contributed by atoms with Gasteiger partial charge in [0, 0.05) is 18.7 Å². The molecule has 1 aromatic rings. The highest BCUT2D eigenvalue weighted by atomic mass is 16.5. The zero-order chi connectivity index (χ0) is 15.4. The van der Waals surface area contributed by atoms with Gasteiger partial charge in [0.25, 0.3) is 5.91 Å². The Hall–Kier alpha value is -2.04. The van der Waals surface area contributed by atoms with Gasteiger partial charge in [0.15, 0.2) is 0 Å². The van der Waals surface area contributed by atoms with Crippen LogP contribution in [0.4, 0.5) is 0 Å². The highest BCUT2D eigenvalue weighted by Crippen LogP contribution is 2.25. The van der Waals surface area contributed by atoms with E-state index in [-0.39, 0.29) is 17.7 Å². The van der Waals surface area contributed by atoms with Crippen molar-refractivity contribution in [2.45, 2.75) is 20.3 Å². The molecule has 1 saturated heterocycles. The quantitative estimate of drug-likeness (QED) is 0.924. The number of nitrogens with zero attached hydrogens (tertiary/aromatic N) is 1. The van der Waals surface area contributed by atoms with Crippen LogP contribution >= 0.6 is 0 Å². The normalized spacial score (nSPS) is 21.9. The number of rotatable bonds is 4. The molecule has 0 radical (unpaired) electrons. The highest BCUT2D eigenvalue weighted by molar-refractivity contribution is 5.94. The first kappa shape index (κ1) is 15.4. The van der Waals surface area contributed by atoms with Gasteiger partial charge in [-0.15, -0.1) is 0 Å². The molecule has 0 bridgehead atoms. The maximum Gasteiger partial charge on any atom is 0.306 e. The second kappa shape index (κ2) is 6.61. The predicted octanol–water partition coefficient (Wildman–Crippen LogP) is 2.27. The smallest absolute Gasteiger partial charge is 0.306 e. The van der Waals surface area contributed by atoms with Gasteiger partial charge in [0.2, 0.25) is 0 Å². The van der Waals surface area contributed by atoms with E-state index in [1.54, 1.807) is 23.1 Å². The van der Waals surface area contributed by atoms with Gasteiger partial charge in [-0.2, -0.15) is 0 Å². The summed E-state index contributed by atoms with van der Waals surface area (Å²) in [7, 11) is 0. The highest BCUT2D eigenvalue weighted by Gasteiger charge is 2.33. The van der Waals surface area contributed by atoms with Crippen LogP contribution in [-0.4, -0.2) is 41.6 Å². The minimum absolute atomic E-state index is 0.0322. The molecule has 0 saturated carbocycles. The number of amides is 1. The van der Waals surface area contributed by atoms with Crippen molar-refractivity contribution in [3.05, 3.63) is 29.8 Å². The molecule has 5 nitrogen and oxygen atoms in total. The molecule has 5 heteroatoms. The van der Waals surface area contributed by atoms with E-state index in [0.717, 1.165) is 0 Å². The van der Waals surface area contributed by atoms with E-state index in [0.29, 0.717) is 37.4 Å². The third-order valence-electron chi connectivity index (χ3n) is 3.90. The van der Waals surface area contributed by atoms with Crippen LogP contribution in [0.15, 0.2) is 24.3 Å². The Bertz CT molecular complexity index is 529. The minimum Gasteiger partial charge on any atom is -0.494 e. The van der Waals surface area contributed by atoms with Gasteiger partial charge in [-0.25, -0.2) is 0 Å². The molecule has 2 unspecified atom stereocenters. The Balaban J connectivity index is 2.07. The van der Waals surface area contributed by atoms with Crippen molar-refractivity contribution >= 4 is 11.9 Å². The number of benzene rings is 1. The number of ether oxygens (including phenoxy) is 1. The van der Waals surface area contributed by atoms with Gasteiger partial charge in [-0.3, -0.25) is 9.59 Å². The lowest BCUT2D eigenvalue weighted by atomic mass is 9.87. The lowest BCUT2D eigenvalue weighted by molar-refractivity contribution is -0.145. The summed E-state index contributed by atoms with van der Waals surface area (Å²) in [5, 5.41) is 9.13. The van der Waals surface area contributed by atoms with Crippen molar-refractivity contribution in [3.8, 4) is 5.75 Å². The molecule has 1 aliphatic heterocycles. The molecule has 114 valence electrons. The molecular formula is C16H21NO4. The molecule has 1 aliphatic rings. The van der Waals surface area contributed by atoms with E-state index in [1.807, 2.05) is 19.9 Å². The van der Waals surface area contributed by atoms with Gasteiger partial charge < -0.3 is 14.7 Å². The van der Waals surface area contributed by atoms with E-state index < -0.39 is 5.97 Å². The molecule has 1 aromatic carbocycles. The average Bonchev–Trinajstić information content (AvgIpc) is 2.46. The van der Waals surface area contributed by atoms with E-state index in [4.69, 9.17) is 9.84 Å². The van der Waals surface area contributed by atoms with Gasteiger partial charge in [-0.1, -0.05) is 13.0 Å². The van der Waals surface area contributed by atoms with E-state index in [1.165, 1.54) is 0 Å². The maximum absolute atomic E-state index is 12.5. The summed E-state index contributed by atoms with van der Waals surface area (Å²) in [6.45, 7) is 5.30. The summed E-state index contributed by atoms with van der Waals surface area (Å²) < 4.78 is 5.41. The molecule has 1 amide bonds. The van der Waals surface area contributed by atoms with Crippen molar-refractivity contribution in [3.63, 3.8) is 0 Å². The number of hydrogen-bond donors (Lipinski definition) is 1. The number of carboxylic acids is 1. The average molecular weight is 291 g/mol. The zero-order valence-corrected chi connectivity index (χ0v) is 12.4. The van der Waals surface area contributed by atoms with Gasteiger partial charge in [0.05, 0.1) is 12.5 Å². The number of aliphatic carboxylic acids is 1. The van der Waals surface area contributed by atoms with Crippen LogP contribution in [0, 0.1) is 11.8 Å². The molecule has 0 spiro atoms. The molecule has 1 heterocycles. The van der Waals surface area contributed by atoms with Crippen molar-refractivity contribution in [2.75, 3.05) is 19.7 Å². The third-order valence-corrected chi connectivity index (χ3v) is 3.90. The van der Waals surface area contributed by atoms with Crippen LogP contribution in [0.2, 0.25) is 0 Å². The summed E-state index contributed by atoms with van der Waals surface area (Å²) >= 11 is 0. The molecule has 2 rings (SSSR count). The van der Waals surface area contributed by atoms with E-state index in [2.05, 4.69) is 0 Å². The summed E-state index contributed by atoms with van der Waals surface area (Å²) in [5.74, 6) is -0.545. The molecule has 0 aliphatic carbocycles. The Morgan fingerprint density at radius 2 is 2.19 bits per heavy atom. The topological polar surface area (TPSA) is 66.8 Å². The number of piperidine rings is 1. The second-order valence-corrected chi connectivity index (χ2v) is 5.42. The van der Waals surface area contributed by atoms with Crippen LogP contribution in [0.5, 0.6) is 5.75 Å². The van der Waals surface area contributed by atoms with Crippen LogP contribution in [0.25, 0.3) is 0 Å². The SMILES string of the molecule is CCOc1cccc(C(=O)N2CCC(C(=O)O)C(C)C2)c1. The molecule has 2 atom stereocenters. The Kier molecular flexibility index (Phi) is 4.83. The minimum atomic E-state index is -0.770. The van der Waals surface area contributed by atoms with E-state index in [9.17, 15) is 9.59 Å². The molecule has 0 aromatic heterocycles. The third kappa shape index (κ3) is 3.54. The number of likely N-dealkylation sites (tertiary alicyclic amines) is 1. The monoisotopic (exact) mass is 291 g/mol. The predicted molar refractivity (Wildman–Crippen MR) is 78.4 cm³/mol. The maximum atomic E-state index is 12.5. The Labute approximate surface area is 124 Å². The summed E-state index contributed by atoms with van der Waals surface area (Å²) in [6, 6.07) is 7.11. The molecular weight excluding hydrogens is 270 g/mol. The first-order valence-electron chi connectivity index (χ1n) is 7.28. The lowest BCUT2D eigenvalue weighted by Gasteiger charge is -2.35. The summed E-state index contributed by atoms with van der Waals surface area (Å²) in [4.78, 5) is 25.3. The van der Waals surface area contributed by atoms with Crippen LogP contribution in [-0.2, 0) is 4.79 Å². The Morgan fingerprint density at radius 1 is 1.43 bits per heavy atom. The Morgan fingerprint density at radius 3 is 2.81 bits per heavy atom. The van der Waals surface area contributed by atoms with Gasteiger partial charge >= 0.3 is 5.97 Å². The largest absolute Gasteiger partial charge is 0.494 e. The van der Waals surface area contributed by atoms with Crippen molar-refractivity contribution in [2.24, 2.45) is 11.8 Å². The second-order valence-electron chi connectivity index (χ2n) is 5.42. The van der Waals surface area contributed by atoms with Gasteiger partial charge in [0.1, 0.15) is 5.75 Å². The number of hydrogen-bond acceptors (Lipinski definition) is 3. The van der Waals surface area contributed by atoms with Crippen LogP contribution < -0.4 is 4.74 Å². The number of carbonyl (C=O) groups excluding carboxylic acids is 1. The van der Waals surface area contributed by atoms with Crippen LogP contribution in [0.1, 0.15) is 30.6 Å². The molecule has 1 fully saturated rings. The fourth-order valence-corrected chi connectivity index (χ4v) is 2.77. The first-order valence-corrected chi connectivity index (χ1v) is 7.28. The first-order chi connectivity index (χ1) is 10.0. The fourth-order valence-electron chi connectivity index (χ4n) is 2.77. The fraction of sp³-hybridized carbons (Fsp3) is 0.500. The van der Waals surface area contributed by atoms with Gasteiger partial charge in [-0.05, 0) is 37.5 Å². The zero-order valence-electron chi connectivity index (χ0n) is 12.4. The van der Waals surface area contributed by atoms with Crippen LogP contribution in [0.3, 0.4) is 0 Å². The van der Waals surface area contributed by atoms with Crippen molar-refractivity contribution in [1.29, 1.82) is 0 Å². The summed E-state index contributed by atoms with van der Waals surface area (Å²) in [6.07, 6.45) is 0.507. The van der Waals surface area contributed by atoms with Crippen molar-refractivity contribution < 1.29 is 19.4 Å². The molecule has 21 heavy (non-hydrogen) atoms. The standard InChI is InChI=1S/C16H21NO4/c1-3-21-13-6-4-5-12(9-13)15(18)17-8-7-14(16(19)20)11(2)10-17/h4-6,9,11,14H,3,7-8,10H2,1-2H3,(H,19,20).